The molecule has 1 atom stereocenters. The molecule has 2 aliphatic heterocycles. The smallest absolute Gasteiger partial charge is 0.257 e. The Morgan fingerprint density at radius 3 is 3.00 bits per heavy atom. The molecule has 3 aromatic heterocycles. The Bertz CT molecular complexity index is 1000. The third-order valence-electron chi connectivity index (χ3n) is 5.51. The zero-order valence-electron chi connectivity index (χ0n) is 16.3. The van der Waals surface area contributed by atoms with Crippen LogP contribution in [0.3, 0.4) is 0 Å². The van der Waals surface area contributed by atoms with Crippen LogP contribution in [-0.4, -0.2) is 49.3 Å². The highest BCUT2D eigenvalue weighted by atomic mass is 16.5. The highest BCUT2D eigenvalue weighted by Gasteiger charge is 2.24. The Hall–Kier alpha value is -2.68. The summed E-state index contributed by atoms with van der Waals surface area (Å²) in [5.74, 6) is 1.13. The number of hydrogen-bond donors (Lipinski definition) is 1. The van der Waals surface area contributed by atoms with Gasteiger partial charge in [0.1, 0.15) is 5.69 Å². The quantitative estimate of drug-likeness (QED) is 0.691. The minimum absolute atomic E-state index is 0.223. The van der Waals surface area contributed by atoms with Crippen molar-refractivity contribution in [3.63, 3.8) is 0 Å². The van der Waals surface area contributed by atoms with E-state index < -0.39 is 0 Å². The molecule has 28 heavy (non-hydrogen) atoms. The Balaban J connectivity index is 1.56. The molecule has 0 aliphatic carbocycles. The first kappa shape index (κ1) is 17.4. The predicted molar refractivity (Wildman–Crippen MR) is 104 cm³/mol. The summed E-state index contributed by atoms with van der Waals surface area (Å²) in [4.78, 5) is 9.21. The van der Waals surface area contributed by atoms with Gasteiger partial charge in [0.05, 0.1) is 36.0 Å². The van der Waals surface area contributed by atoms with Gasteiger partial charge in [-0.25, -0.2) is 9.67 Å². The van der Waals surface area contributed by atoms with Gasteiger partial charge in [-0.2, -0.15) is 10.1 Å². The maximum atomic E-state index is 6.05. The van der Waals surface area contributed by atoms with Crippen LogP contribution in [0.15, 0.2) is 6.20 Å². The maximum absolute atomic E-state index is 6.05. The van der Waals surface area contributed by atoms with Crippen molar-refractivity contribution in [1.29, 1.82) is 0 Å². The van der Waals surface area contributed by atoms with Crippen molar-refractivity contribution in [1.82, 2.24) is 29.5 Å². The summed E-state index contributed by atoms with van der Waals surface area (Å²) < 4.78 is 15.8. The van der Waals surface area contributed by atoms with Crippen molar-refractivity contribution in [3.8, 4) is 5.88 Å². The topological polar surface area (TPSA) is 91.9 Å². The number of aromatic nitrogens is 6. The van der Waals surface area contributed by atoms with E-state index in [1.807, 2.05) is 22.5 Å². The second kappa shape index (κ2) is 7.05. The van der Waals surface area contributed by atoms with Crippen LogP contribution >= 0.6 is 0 Å². The van der Waals surface area contributed by atoms with Gasteiger partial charge in [-0.3, -0.25) is 4.68 Å². The fourth-order valence-corrected chi connectivity index (χ4v) is 3.99. The summed E-state index contributed by atoms with van der Waals surface area (Å²) in [6, 6.07) is 0.223. The van der Waals surface area contributed by atoms with Crippen LogP contribution in [0.4, 0.5) is 11.6 Å². The van der Waals surface area contributed by atoms with Gasteiger partial charge in [0.15, 0.2) is 5.65 Å². The fourth-order valence-electron chi connectivity index (χ4n) is 3.99. The molecule has 1 saturated heterocycles. The summed E-state index contributed by atoms with van der Waals surface area (Å²) in [5, 5.41) is 13.7. The summed E-state index contributed by atoms with van der Waals surface area (Å²) in [6.45, 7) is 6.86. The minimum Gasteiger partial charge on any atom is -0.475 e. The number of anilines is 2. The number of nitrogens with one attached hydrogen (secondary N) is 1. The molecule has 9 heteroatoms. The molecule has 2 bridgehead atoms. The van der Waals surface area contributed by atoms with Gasteiger partial charge in [0.25, 0.3) is 5.88 Å². The maximum Gasteiger partial charge on any atom is 0.257 e. The number of hydrogen-bond acceptors (Lipinski definition) is 7. The summed E-state index contributed by atoms with van der Waals surface area (Å²) in [5.41, 5.74) is 3.63. The zero-order valence-corrected chi connectivity index (χ0v) is 16.3. The van der Waals surface area contributed by atoms with E-state index in [1.54, 1.807) is 0 Å². The molecule has 0 amide bonds. The highest BCUT2D eigenvalue weighted by molar-refractivity contribution is 5.79. The summed E-state index contributed by atoms with van der Waals surface area (Å²) >= 11 is 0. The molecule has 0 radical (unpaired) electrons. The monoisotopic (exact) mass is 383 g/mol. The van der Waals surface area contributed by atoms with Gasteiger partial charge in [-0.05, 0) is 33.1 Å². The molecule has 1 N–H and O–H groups in total. The molecule has 0 saturated carbocycles. The van der Waals surface area contributed by atoms with Gasteiger partial charge in [0, 0.05) is 25.8 Å². The lowest BCUT2D eigenvalue weighted by atomic mass is 10.1. The van der Waals surface area contributed by atoms with E-state index in [4.69, 9.17) is 19.6 Å². The van der Waals surface area contributed by atoms with E-state index in [0.29, 0.717) is 25.0 Å². The van der Waals surface area contributed by atoms with E-state index in [9.17, 15) is 0 Å². The van der Waals surface area contributed by atoms with E-state index in [0.717, 1.165) is 66.9 Å². The standard InChI is InChI=1S/C19H25N7O2/c1-12-15-10-20-19-21-16-13(2)26(14-6-3-4-8-27-11-14)24-18(16)28-9-5-7-25(23-12)17(15)22-19/h10,14H,3-9,11H2,1-2H3,(H,20,21,22). The zero-order chi connectivity index (χ0) is 19.1. The number of aryl methyl sites for hydroxylation is 2. The molecule has 0 aromatic carbocycles. The molecule has 9 nitrogen and oxygen atoms in total. The van der Waals surface area contributed by atoms with Crippen molar-refractivity contribution >= 4 is 22.7 Å². The number of fused-ring (bicyclic) bond motifs is 2. The van der Waals surface area contributed by atoms with E-state index in [2.05, 4.69) is 22.3 Å². The third-order valence-corrected chi connectivity index (χ3v) is 5.51. The van der Waals surface area contributed by atoms with Crippen LogP contribution in [0.5, 0.6) is 5.88 Å². The van der Waals surface area contributed by atoms with E-state index in [-0.39, 0.29) is 6.04 Å². The molecule has 1 unspecified atom stereocenters. The third kappa shape index (κ3) is 2.99. The average molecular weight is 383 g/mol. The van der Waals surface area contributed by atoms with Gasteiger partial charge in [0.2, 0.25) is 5.95 Å². The molecular weight excluding hydrogens is 358 g/mol. The number of rotatable bonds is 1. The SMILES string of the molecule is Cc1nn2c3nc(ncc13)Nc1c(nn(C3CCCCOC3)c1C)OCCC2. The van der Waals surface area contributed by atoms with Gasteiger partial charge < -0.3 is 14.8 Å². The average Bonchev–Trinajstić information content (AvgIpc) is 3.01. The Kier molecular flexibility index (Phi) is 4.38. The van der Waals surface area contributed by atoms with Crippen LogP contribution in [0.1, 0.15) is 43.1 Å². The lowest BCUT2D eigenvalue weighted by Gasteiger charge is -2.16. The predicted octanol–water partition coefficient (Wildman–Crippen LogP) is 2.91. The van der Waals surface area contributed by atoms with Crippen LogP contribution in [-0.2, 0) is 11.3 Å². The Morgan fingerprint density at radius 1 is 1.14 bits per heavy atom. The first-order valence-corrected chi connectivity index (χ1v) is 9.97. The van der Waals surface area contributed by atoms with Crippen molar-refractivity contribution in [3.05, 3.63) is 17.6 Å². The fraction of sp³-hybridized carbons (Fsp3) is 0.579. The molecule has 148 valence electrons. The molecule has 3 aromatic rings. The largest absolute Gasteiger partial charge is 0.475 e. The minimum atomic E-state index is 0.223. The Morgan fingerprint density at radius 2 is 2.07 bits per heavy atom. The first-order chi connectivity index (χ1) is 13.7. The second-order valence-electron chi connectivity index (χ2n) is 7.50. The van der Waals surface area contributed by atoms with Crippen molar-refractivity contribution in [2.24, 2.45) is 0 Å². The number of nitrogens with zero attached hydrogens (tertiary/aromatic N) is 6. The first-order valence-electron chi connectivity index (χ1n) is 9.97. The molecule has 0 spiro atoms. The van der Waals surface area contributed by atoms with Gasteiger partial charge in [-0.15, -0.1) is 5.10 Å². The molecular formula is C19H25N7O2. The Labute approximate surface area is 163 Å². The van der Waals surface area contributed by atoms with Crippen LogP contribution in [0.2, 0.25) is 0 Å². The normalized spacial score (nSPS) is 20.1. The molecule has 1 fully saturated rings. The lowest BCUT2D eigenvalue weighted by Crippen LogP contribution is -2.17. The number of ether oxygens (including phenoxy) is 2. The van der Waals surface area contributed by atoms with Crippen molar-refractivity contribution in [2.75, 3.05) is 25.1 Å². The van der Waals surface area contributed by atoms with E-state index >= 15 is 0 Å². The molecule has 5 rings (SSSR count). The van der Waals surface area contributed by atoms with Crippen LogP contribution < -0.4 is 10.1 Å². The molecule has 2 aliphatic rings. The summed E-state index contributed by atoms with van der Waals surface area (Å²) in [6.07, 6.45) is 5.97. The van der Waals surface area contributed by atoms with Crippen molar-refractivity contribution in [2.45, 2.75) is 52.1 Å². The van der Waals surface area contributed by atoms with Gasteiger partial charge in [-0.1, -0.05) is 0 Å². The second-order valence-corrected chi connectivity index (χ2v) is 7.50. The lowest BCUT2D eigenvalue weighted by molar-refractivity contribution is 0.113. The van der Waals surface area contributed by atoms with E-state index in [1.165, 1.54) is 0 Å². The highest BCUT2D eigenvalue weighted by Crippen LogP contribution is 2.34. The van der Waals surface area contributed by atoms with Crippen LogP contribution in [0, 0.1) is 13.8 Å². The van der Waals surface area contributed by atoms with Crippen molar-refractivity contribution < 1.29 is 9.47 Å². The molecule has 5 heterocycles. The van der Waals surface area contributed by atoms with Crippen LogP contribution in [0.25, 0.3) is 11.0 Å². The summed E-state index contributed by atoms with van der Waals surface area (Å²) in [7, 11) is 0. The van der Waals surface area contributed by atoms with Gasteiger partial charge >= 0.3 is 0 Å².